The van der Waals surface area contributed by atoms with Crippen molar-refractivity contribution in [1.82, 2.24) is 10.2 Å². The van der Waals surface area contributed by atoms with Crippen LogP contribution in [0.1, 0.15) is 22.0 Å². The van der Waals surface area contributed by atoms with Crippen molar-refractivity contribution in [3.63, 3.8) is 0 Å². The second-order valence-corrected chi connectivity index (χ2v) is 6.04. The third-order valence-electron chi connectivity index (χ3n) is 3.81. The van der Waals surface area contributed by atoms with Gasteiger partial charge in [0.25, 0.3) is 0 Å². The maximum Gasteiger partial charge on any atom is 0.0699 e. The summed E-state index contributed by atoms with van der Waals surface area (Å²) in [6.07, 6.45) is 0. The Hall–Kier alpha value is -1.16. The molecule has 1 saturated heterocycles. The average molecular weight is 272 g/mol. The van der Waals surface area contributed by atoms with Crippen molar-refractivity contribution in [1.29, 1.82) is 0 Å². The van der Waals surface area contributed by atoms with Gasteiger partial charge in [0, 0.05) is 31.1 Å². The first-order chi connectivity index (χ1) is 9.36. The molecule has 1 aromatic heterocycles. The van der Waals surface area contributed by atoms with Crippen LogP contribution < -0.4 is 5.32 Å². The van der Waals surface area contributed by atoms with Crippen molar-refractivity contribution in [2.45, 2.75) is 13.0 Å². The van der Waals surface area contributed by atoms with Gasteiger partial charge < -0.3 is 5.32 Å². The number of nitrogens with zero attached hydrogens (tertiary/aromatic N) is 1. The van der Waals surface area contributed by atoms with E-state index in [-0.39, 0.29) is 0 Å². The zero-order chi connectivity index (χ0) is 13.1. The summed E-state index contributed by atoms with van der Waals surface area (Å²) < 4.78 is 0. The molecule has 0 spiro atoms. The molecule has 0 radical (unpaired) electrons. The number of aryl methyl sites for hydroxylation is 1. The van der Waals surface area contributed by atoms with Crippen molar-refractivity contribution in [3.8, 4) is 0 Å². The van der Waals surface area contributed by atoms with E-state index >= 15 is 0 Å². The summed E-state index contributed by atoms with van der Waals surface area (Å²) in [6, 6.07) is 13.6. The minimum atomic E-state index is 0.420. The summed E-state index contributed by atoms with van der Waals surface area (Å²) >= 11 is 1.87. The summed E-state index contributed by atoms with van der Waals surface area (Å²) in [7, 11) is 0. The molecule has 2 heterocycles. The molecule has 3 rings (SSSR count). The largest absolute Gasteiger partial charge is 0.314 e. The molecule has 0 amide bonds. The monoisotopic (exact) mass is 272 g/mol. The van der Waals surface area contributed by atoms with E-state index in [1.54, 1.807) is 0 Å². The molecule has 100 valence electrons. The maximum atomic E-state index is 3.44. The summed E-state index contributed by atoms with van der Waals surface area (Å²) in [5.74, 6) is 0. The third-order valence-corrected chi connectivity index (χ3v) is 4.74. The van der Waals surface area contributed by atoms with E-state index in [1.807, 2.05) is 11.3 Å². The van der Waals surface area contributed by atoms with Gasteiger partial charge >= 0.3 is 0 Å². The Kier molecular flexibility index (Phi) is 3.97. The molecular weight excluding hydrogens is 252 g/mol. The Balaban J connectivity index is 1.99. The predicted molar refractivity (Wildman–Crippen MR) is 81.8 cm³/mol. The smallest absolute Gasteiger partial charge is 0.0699 e. The van der Waals surface area contributed by atoms with E-state index in [0.717, 1.165) is 26.2 Å². The Labute approximate surface area is 119 Å². The standard InChI is InChI=1S/C16H20N2S/c1-13-5-2-3-6-14(13)16(15-7-4-12-19-15)18-10-8-17-9-11-18/h2-7,12,16-17H,8-11H2,1H3/t16-/m1/s1. The van der Waals surface area contributed by atoms with Crippen LogP contribution in [0.4, 0.5) is 0 Å². The molecule has 0 bridgehead atoms. The van der Waals surface area contributed by atoms with Gasteiger partial charge in [0.05, 0.1) is 6.04 Å². The molecule has 1 aliphatic heterocycles. The SMILES string of the molecule is Cc1ccccc1[C@H](c1cccs1)N1CCNCC1. The van der Waals surface area contributed by atoms with Gasteiger partial charge in [-0.1, -0.05) is 30.3 Å². The quantitative estimate of drug-likeness (QED) is 0.924. The molecule has 1 fully saturated rings. The van der Waals surface area contributed by atoms with Crippen molar-refractivity contribution in [2.24, 2.45) is 0 Å². The maximum absolute atomic E-state index is 3.44. The molecule has 0 saturated carbocycles. The molecule has 1 atom stereocenters. The van der Waals surface area contributed by atoms with Crippen LogP contribution in [-0.2, 0) is 0 Å². The van der Waals surface area contributed by atoms with Crippen LogP contribution in [0.5, 0.6) is 0 Å². The van der Waals surface area contributed by atoms with Crippen LogP contribution in [0.3, 0.4) is 0 Å². The Morgan fingerprint density at radius 2 is 1.89 bits per heavy atom. The molecule has 0 unspecified atom stereocenters. The second-order valence-electron chi connectivity index (χ2n) is 5.06. The highest BCUT2D eigenvalue weighted by atomic mass is 32.1. The van der Waals surface area contributed by atoms with Gasteiger partial charge in [-0.25, -0.2) is 0 Å². The van der Waals surface area contributed by atoms with Crippen molar-refractivity contribution in [3.05, 3.63) is 57.8 Å². The lowest BCUT2D eigenvalue weighted by Gasteiger charge is -2.35. The molecule has 2 aromatic rings. The Bertz CT molecular complexity index is 515. The number of hydrogen-bond donors (Lipinski definition) is 1. The molecule has 3 heteroatoms. The highest BCUT2D eigenvalue weighted by Gasteiger charge is 2.25. The van der Waals surface area contributed by atoms with Crippen LogP contribution in [0.15, 0.2) is 41.8 Å². The van der Waals surface area contributed by atoms with Crippen LogP contribution in [0, 0.1) is 6.92 Å². The molecule has 0 aliphatic carbocycles. The van der Waals surface area contributed by atoms with E-state index < -0.39 is 0 Å². The summed E-state index contributed by atoms with van der Waals surface area (Å²) in [5, 5.41) is 5.63. The highest BCUT2D eigenvalue weighted by molar-refractivity contribution is 7.10. The average Bonchev–Trinajstić information content (AvgIpc) is 2.96. The van der Waals surface area contributed by atoms with Gasteiger partial charge in [-0.2, -0.15) is 0 Å². The van der Waals surface area contributed by atoms with E-state index in [1.165, 1.54) is 16.0 Å². The Morgan fingerprint density at radius 1 is 1.11 bits per heavy atom. The first-order valence-electron chi connectivity index (χ1n) is 6.90. The minimum absolute atomic E-state index is 0.420. The normalized spacial score (nSPS) is 18.4. The van der Waals surface area contributed by atoms with Crippen molar-refractivity contribution in [2.75, 3.05) is 26.2 Å². The van der Waals surface area contributed by atoms with Gasteiger partial charge in [0.15, 0.2) is 0 Å². The predicted octanol–water partition coefficient (Wildman–Crippen LogP) is 3.05. The number of nitrogens with one attached hydrogen (secondary N) is 1. The first-order valence-corrected chi connectivity index (χ1v) is 7.78. The molecule has 1 aromatic carbocycles. The third kappa shape index (κ3) is 2.73. The molecule has 1 N–H and O–H groups in total. The zero-order valence-electron chi connectivity index (χ0n) is 11.3. The molecule has 19 heavy (non-hydrogen) atoms. The van der Waals surface area contributed by atoms with Gasteiger partial charge in [-0.15, -0.1) is 11.3 Å². The fourth-order valence-electron chi connectivity index (χ4n) is 2.81. The molecule has 2 nitrogen and oxygen atoms in total. The summed E-state index contributed by atoms with van der Waals surface area (Å²) in [5.41, 5.74) is 2.84. The lowest BCUT2D eigenvalue weighted by Crippen LogP contribution is -2.45. The lowest BCUT2D eigenvalue weighted by atomic mass is 9.98. The number of hydrogen-bond acceptors (Lipinski definition) is 3. The van der Waals surface area contributed by atoms with Crippen molar-refractivity contribution >= 4 is 11.3 Å². The van der Waals surface area contributed by atoms with Gasteiger partial charge in [0.2, 0.25) is 0 Å². The van der Waals surface area contributed by atoms with Crippen LogP contribution in [0.2, 0.25) is 0 Å². The summed E-state index contributed by atoms with van der Waals surface area (Å²) in [6.45, 7) is 6.65. The van der Waals surface area contributed by atoms with E-state index in [0.29, 0.717) is 6.04 Å². The van der Waals surface area contributed by atoms with E-state index in [9.17, 15) is 0 Å². The van der Waals surface area contributed by atoms with Gasteiger partial charge in [-0.3, -0.25) is 4.90 Å². The number of piperazine rings is 1. The lowest BCUT2D eigenvalue weighted by molar-refractivity contribution is 0.200. The fraction of sp³-hybridized carbons (Fsp3) is 0.375. The Morgan fingerprint density at radius 3 is 2.58 bits per heavy atom. The van der Waals surface area contributed by atoms with Crippen molar-refractivity contribution < 1.29 is 0 Å². The first kappa shape index (κ1) is 12.9. The van der Waals surface area contributed by atoms with Gasteiger partial charge in [0.1, 0.15) is 0 Å². The molecule has 1 aliphatic rings. The number of rotatable bonds is 3. The fourth-order valence-corrected chi connectivity index (χ4v) is 3.69. The zero-order valence-corrected chi connectivity index (χ0v) is 12.1. The minimum Gasteiger partial charge on any atom is -0.314 e. The highest BCUT2D eigenvalue weighted by Crippen LogP contribution is 2.33. The number of benzene rings is 1. The van der Waals surface area contributed by atoms with Crippen LogP contribution in [0.25, 0.3) is 0 Å². The number of thiophene rings is 1. The van der Waals surface area contributed by atoms with E-state index in [4.69, 9.17) is 0 Å². The van der Waals surface area contributed by atoms with Gasteiger partial charge in [-0.05, 0) is 29.5 Å². The molecular formula is C16H20N2S. The van der Waals surface area contributed by atoms with E-state index in [2.05, 4.69) is 58.9 Å². The topological polar surface area (TPSA) is 15.3 Å². The van der Waals surface area contributed by atoms with Crippen LogP contribution >= 0.6 is 11.3 Å². The second kappa shape index (κ2) is 5.87. The summed E-state index contributed by atoms with van der Waals surface area (Å²) in [4.78, 5) is 4.06. The van der Waals surface area contributed by atoms with Crippen LogP contribution in [-0.4, -0.2) is 31.1 Å².